The van der Waals surface area contributed by atoms with Crippen LogP contribution in [-0.2, 0) is 32.0 Å². The molecule has 5 N–H and O–H groups in total. The number of carbonyl (C=O) groups excluding carboxylic acids is 5. The highest BCUT2D eigenvalue weighted by atomic mass is 16.5. The smallest absolute Gasteiger partial charge is 0.273 e. The van der Waals surface area contributed by atoms with Gasteiger partial charge in [0, 0.05) is 24.8 Å². The zero-order chi connectivity index (χ0) is 39.8. The first kappa shape index (κ1) is 39.8. The van der Waals surface area contributed by atoms with E-state index in [0.29, 0.717) is 35.4 Å². The maximum Gasteiger partial charge on any atom is 0.273 e. The predicted octanol–water partition coefficient (Wildman–Crippen LogP) is 3.31. The molecule has 1 aromatic heterocycles. The van der Waals surface area contributed by atoms with Crippen molar-refractivity contribution in [1.82, 2.24) is 36.4 Å². The van der Waals surface area contributed by atoms with Gasteiger partial charge in [-0.3, -0.25) is 29.1 Å². The molecular weight excluding hydrogens is 715 g/mol. The molecule has 2 aliphatic heterocycles. The Labute approximate surface area is 326 Å². The highest BCUT2D eigenvalue weighted by Gasteiger charge is 2.34. The minimum atomic E-state index is -1.14. The Bertz CT molecular complexity index is 2010. The molecule has 7 rings (SSSR count). The monoisotopic (exact) mass is 765 g/mol. The number of amides is 5. The van der Waals surface area contributed by atoms with Crippen LogP contribution < -0.4 is 30.7 Å². The van der Waals surface area contributed by atoms with E-state index < -0.39 is 41.8 Å². The van der Waals surface area contributed by atoms with Crippen molar-refractivity contribution in [2.45, 2.75) is 77.0 Å². The molecule has 1 fully saturated rings. The normalized spacial score (nSPS) is 21.6. The number of H-pyrrole nitrogens is 1. The molecule has 3 aliphatic rings. The van der Waals surface area contributed by atoms with E-state index in [4.69, 9.17) is 9.47 Å². The molecule has 4 atom stereocenters. The second kappa shape index (κ2) is 18.1. The summed E-state index contributed by atoms with van der Waals surface area (Å²) in [5.74, 6) is -0.749. The topological polar surface area (TPSA) is 184 Å². The van der Waals surface area contributed by atoms with E-state index in [1.807, 2.05) is 18.2 Å². The molecule has 296 valence electrons. The van der Waals surface area contributed by atoms with Crippen LogP contribution in [0.4, 0.5) is 0 Å². The summed E-state index contributed by atoms with van der Waals surface area (Å²) in [7, 11) is 1.55. The van der Waals surface area contributed by atoms with Crippen LogP contribution in [0.2, 0.25) is 0 Å². The molecule has 0 saturated heterocycles. The molecule has 4 aromatic rings. The Morgan fingerprint density at radius 2 is 1.68 bits per heavy atom. The molecule has 0 spiro atoms. The lowest BCUT2D eigenvalue weighted by atomic mass is 10.0. The van der Waals surface area contributed by atoms with Gasteiger partial charge in [-0.2, -0.15) is 5.10 Å². The fourth-order valence-electron chi connectivity index (χ4n) is 6.88. The first-order valence-electron chi connectivity index (χ1n) is 19.2. The summed E-state index contributed by atoms with van der Waals surface area (Å²) in [5, 5.41) is 19.3. The summed E-state index contributed by atoms with van der Waals surface area (Å²) in [6, 6.07) is 17.8. The van der Waals surface area contributed by atoms with Crippen LogP contribution >= 0.6 is 0 Å². The van der Waals surface area contributed by atoms with Crippen molar-refractivity contribution >= 4 is 40.4 Å². The van der Waals surface area contributed by atoms with E-state index in [2.05, 4.69) is 45.3 Å². The summed E-state index contributed by atoms with van der Waals surface area (Å²) < 4.78 is 11.4. The van der Waals surface area contributed by atoms with E-state index in [0.717, 1.165) is 24.0 Å². The summed E-state index contributed by atoms with van der Waals surface area (Å²) in [6.07, 6.45) is 2.72. The van der Waals surface area contributed by atoms with Crippen molar-refractivity contribution in [2.24, 2.45) is 11.8 Å². The van der Waals surface area contributed by atoms with Gasteiger partial charge in [-0.25, -0.2) is 0 Å². The molecule has 14 nitrogen and oxygen atoms in total. The third-order valence-electron chi connectivity index (χ3n) is 10.0. The van der Waals surface area contributed by atoms with Gasteiger partial charge in [0.05, 0.1) is 25.2 Å². The van der Waals surface area contributed by atoms with Crippen molar-refractivity contribution in [3.05, 3.63) is 89.6 Å². The first-order chi connectivity index (χ1) is 26.9. The predicted molar refractivity (Wildman–Crippen MR) is 210 cm³/mol. The van der Waals surface area contributed by atoms with Gasteiger partial charge in [-0.15, -0.1) is 0 Å². The molecule has 14 heteroatoms. The van der Waals surface area contributed by atoms with Crippen LogP contribution in [0.1, 0.15) is 61.6 Å². The second-order valence-corrected chi connectivity index (χ2v) is 15.2. The van der Waals surface area contributed by atoms with Gasteiger partial charge in [-0.05, 0) is 79.5 Å². The first-order valence-corrected chi connectivity index (χ1v) is 19.2. The lowest BCUT2D eigenvalue weighted by Gasteiger charge is -2.29. The van der Waals surface area contributed by atoms with Gasteiger partial charge in [0.15, 0.2) is 5.69 Å². The molecule has 2 bridgehead atoms. The number of hydrogen-bond donors (Lipinski definition) is 5. The van der Waals surface area contributed by atoms with Crippen LogP contribution in [-0.4, -0.2) is 95.6 Å². The third-order valence-corrected chi connectivity index (χ3v) is 10.0. The molecule has 1 aliphatic carbocycles. The Hall–Kier alpha value is -5.92. The largest absolute Gasteiger partial charge is 0.497 e. The van der Waals surface area contributed by atoms with Gasteiger partial charge in [-0.1, -0.05) is 56.3 Å². The Morgan fingerprint density at radius 1 is 0.946 bits per heavy atom. The standard InChI is InChI=1S/C42H51N7O7/c1-25(2)19-30-24-56-32-17-13-28(14-18-32)21-36(46-41(53)38-33-7-5-6-8-34(33)47-48-38)40(52)45-35(20-27-11-15-31(55-4)16-12-27)39(51)43-26(3)42(54)49(22-29-9-10-29)23-37(50)44-30/h5-8,11-18,25-26,29-30,35-36H,9-10,19-24H2,1-4H3,(H,43,51)(H,44,50)(H,45,52)(H,46,53)(H,47,48)/t26-,30+,35+,36+/m1/s1. The third kappa shape index (κ3) is 10.6. The lowest BCUT2D eigenvalue weighted by Crippen LogP contribution is -2.58. The Morgan fingerprint density at radius 3 is 2.38 bits per heavy atom. The number of aromatic amines is 1. The van der Waals surface area contributed by atoms with E-state index in [1.165, 1.54) is 4.90 Å². The van der Waals surface area contributed by atoms with Gasteiger partial charge in [0.1, 0.15) is 36.2 Å². The number of nitrogens with zero attached hydrogens (tertiary/aromatic N) is 2. The highest BCUT2D eigenvalue weighted by Crippen LogP contribution is 2.30. The molecule has 3 heterocycles. The van der Waals surface area contributed by atoms with Crippen molar-refractivity contribution in [2.75, 3.05) is 26.8 Å². The molecule has 1 saturated carbocycles. The van der Waals surface area contributed by atoms with Crippen LogP contribution in [0.15, 0.2) is 72.8 Å². The highest BCUT2D eigenvalue weighted by molar-refractivity contribution is 6.06. The van der Waals surface area contributed by atoms with Gasteiger partial charge in [0.2, 0.25) is 23.6 Å². The lowest BCUT2D eigenvalue weighted by molar-refractivity contribution is -0.140. The minimum absolute atomic E-state index is 0.0740. The number of nitrogens with one attached hydrogen (secondary N) is 5. The number of carbonyl (C=O) groups is 5. The number of para-hydroxylation sites is 1. The van der Waals surface area contributed by atoms with Crippen molar-refractivity contribution in [1.29, 1.82) is 0 Å². The molecule has 3 aromatic carbocycles. The van der Waals surface area contributed by atoms with Crippen molar-refractivity contribution < 1.29 is 33.4 Å². The maximum atomic E-state index is 14.3. The Kier molecular flexibility index (Phi) is 12.9. The van der Waals surface area contributed by atoms with E-state index in [1.54, 1.807) is 68.6 Å². The summed E-state index contributed by atoms with van der Waals surface area (Å²) in [5.41, 5.74) is 2.24. The maximum absolute atomic E-state index is 14.3. The number of rotatable bonds is 9. The zero-order valence-electron chi connectivity index (χ0n) is 32.3. The molecule has 56 heavy (non-hydrogen) atoms. The zero-order valence-corrected chi connectivity index (χ0v) is 32.3. The van der Waals surface area contributed by atoms with Gasteiger partial charge in [0.25, 0.3) is 5.91 Å². The van der Waals surface area contributed by atoms with Crippen molar-refractivity contribution in [3.63, 3.8) is 0 Å². The Balaban J connectivity index is 1.32. The van der Waals surface area contributed by atoms with Crippen LogP contribution in [0, 0.1) is 11.8 Å². The number of aromatic nitrogens is 2. The number of benzene rings is 3. The fraction of sp³-hybridized carbons (Fsp3) is 0.429. The number of ether oxygens (including phenoxy) is 2. The number of methoxy groups -OCH3 is 1. The average molecular weight is 766 g/mol. The fourth-order valence-corrected chi connectivity index (χ4v) is 6.88. The van der Waals surface area contributed by atoms with Crippen LogP contribution in [0.3, 0.4) is 0 Å². The summed E-state index contributed by atoms with van der Waals surface area (Å²) in [4.78, 5) is 71.0. The average Bonchev–Trinajstić information content (AvgIpc) is 3.90. The van der Waals surface area contributed by atoms with Crippen molar-refractivity contribution in [3.8, 4) is 11.5 Å². The van der Waals surface area contributed by atoms with E-state index in [-0.39, 0.29) is 55.5 Å². The quantitative estimate of drug-likeness (QED) is 0.161. The summed E-state index contributed by atoms with van der Waals surface area (Å²) >= 11 is 0. The van der Waals surface area contributed by atoms with Gasteiger partial charge >= 0.3 is 0 Å². The summed E-state index contributed by atoms with van der Waals surface area (Å²) in [6.45, 7) is 6.13. The van der Waals surface area contributed by atoms with Crippen LogP contribution in [0.25, 0.3) is 10.9 Å². The van der Waals surface area contributed by atoms with Crippen LogP contribution in [0.5, 0.6) is 11.5 Å². The SMILES string of the molecule is COc1ccc(C[C@@H]2NC(=O)[C@@H](NC(=O)c3n[nH]c4ccccc34)Cc3ccc(cc3)OC[C@H](CC(C)C)NC(=O)CN(CC3CC3)C(=O)[C@@H](C)NC2=O)cc1. The second-order valence-electron chi connectivity index (χ2n) is 15.2. The number of fused-ring (bicyclic) bond motifs is 18. The van der Waals surface area contributed by atoms with E-state index >= 15 is 0 Å². The molecule has 5 amide bonds. The number of hydrogen-bond acceptors (Lipinski definition) is 8. The molecule has 0 unspecified atom stereocenters. The minimum Gasteiger partial charge on any atom is -0.497 e. The van der Waals surface area contributed by atoms with Gasteiger partial charge < -0.3 is 35.6 Å². The molecular formula is C42H51N7O7. The van der Waals surface area contributed by atoms with E-state index in [9.17, 15) is 24.0 Å². The molecule has 0 radical (unpaired) electrons.